The summed E-state index contributed by atoms with van der Waals surface area (Å²) >= 11 is 8.05. The molecule has 1 heterocycles. The van der Waals surface area contributed by atoms with Crippen molar-refractivity contribution in [2.24, 2.45) is 11.3 Å². The van der Waals surface area contributed by atoms with Gasteiger partial charge in [-0.2, -0.15) is 11.8 Å². The Hall–Kier alpha value is 0.110. The first-order valence-electron chi connectivity index (χ1n) is 7.06. The SMILES string of the molecule is CCC(CC)(CCl)CNC(=O)CC1CCSCC1. The number of nitrogens with one attached hydrogen (secondary N) is 1. The summed E-state index contributed by atoms with van der Waals surface area (Å²) in [7, 11) is 0. The molecule has 18 heavy (non-hydrogen) atoms. The first kappa shape index (κ1) is 16.2. The average Bonchev–Trinajstić information content (AvgIpc) is 2.42. The van der Waals surface area contributed by atoms with Crippen LogP contribution in [0.15, 0.2) is 0 Å². The Bertz CT molecular complexity index is 242. The minimum atomic E-state index is 0.0830. The van der Waals surface area contributed by atoms with E-state index in [0.717, 1.165) is 19.4 Å². The highest BCUT2D eigenvalue weighted by Gasteiger charge is 2.26. The summed E-state index contributed by atoms with van der Waals surface area (Å²) in [6.45, 7) is 5.02. The molecule has 0 aromatic heterocycles. The van der Waals surface area contributed by atoms with Gasteiger partial charge in [-0.15, -0.1) is 11.6 Å². The lowest BCUT2D eigenvalue weighted by Gasteiger charge is -2.30. The predicted octanol–water partition coefficient (Wildman–Crippen LogP) is 3.68. The van der Waals surface area contributed by atoms with E-state index in [0.29, 0.717) is 18.2 Å². The lowest BCUT2D eigenvalue weighted by atomic mass is 9.84. The number of hydrogen-bond acceptors (Lipinski definition) is 2. The molecule has 1 saturated heterocycles. The Balaban J connectivity index is 2.30. The summed E-state index contributed by atoms with van der Waals surface area (Å²) in [4.78, 5) is 11.9. The molecule has 1 fully saturated rings. The summed E-state index contributed by atoms with van der Waals surface area (Å²) in [5.74, 6) is 3.87. The van der Waals surface area contributed by atoms with Crippen LogP contribution < -0.4 is 5.32 Å². The Labute approximate surface area is 121 Å². The normalized spacial score (nSPS) is 17.7. The third-order valence-corrected chi connectivity index (χ3v) is 5.87. The van der Waals surface area contributed by atoms with Gasteiger partial charge in [-0.25, -0.2) is 0 Å². The Morgan fingerprint density at radius 2 is 1.94 bits per heavy atom. The average molecular weight is 292 g/mol. The molecule has 1 rings (SSSR count). The van der Waals surface area contributed by atoms with Crippen LogP contribution in [0.1, 0.15) is 46.0 Å². The molecule has 2 nitrogen and oxygen atoms in total. The van der Waals surface area contributed by atoms with Crippen LogP contribution in [0.2, 0.25) is 0 Å². The van der Waals surface area contributed by atoms with E-state index in [2.05, 4.69) is 19.2 Å². The van der Waals surface area contributed by atoms with Crippen molar-refractivity contribution in [2.45, 2.75) is 46.0 Å². The van der Waals surface area contributed by atoms with Crippen LogP contribution >= 0.6 is 23.4 Å². The number of rotatable bonds is 7. The fraction of sp³-hybridized carbons (Fsp3) is 0.929. The van der Waals surface area contributed by atoms with Crippen molar-refractivity contribution in [1.29, 1.82) is 0 Å². The van der Waals surface area contributed by atoms with Gasteiger partial charge >= 0.3 is 0 Å². The lowest BCUT2D eigenvalue weighted by Crippen LogP contribution is -2.39. The highest BCUT2D eigenvalue weighted by molar-refractivity contribution is 7.99. The largest absolute Gasteiger partial charge is 0.355 e. The van der Waals surface area contributed by atoms with Gasteiger partial charge < -0.3 is 5.32 Å². The molecule has 0 aromatic carbocycles. The quantitative estimate of drug-likeness (QED) is 0.725. The highest BCUT2D eigenvalue weighted by atomic mass is 35.5. The van der Waals surface area contributed by atoms with E-state index in [1.165, 1.54) is 24.3 Å². The molecule has 1 aliphatic rings. The summed E-state index contributed by atoms with van der Waals surface area (Å²) in [5.41, 5.74) is 0.0830. The Morgan fingerprint density at radius 1 is 1.33 bits per heavy atom. The van der Waals surface area contributed by atoms with Gasteiger partial charge in [-0.3, -0.25) is 4.79 Å². The number of carbonyl (C=O) groups excluding carboxylic acids is 1. The van der Waals surface area contributed by atoms with E-state index < -0.39 is 0 Å². The van der Waals surface area contributed by atoms with Crippen molar-refractivity contribution in [2.75, 3.05) is 23.9 Å². The Morgan fingerprint density at radius 3 is 2.44 bits per heavy atom. The molecule has 0 unspecified atom stereocenters. The van der Waals surface area contributed by atoms with E-state index in [9.17, 15) is 4.79 Å². The number of amides is 1. The van der Waals surface area contributed by atoms with Gasteiger partial charge in [0.15, 0.2) is 0 Å². The maximum absolute atomic E-state index is 11.9. The van der Waals surface area contributed by atoms with Crippen molar-refractivity contribution in [1.82, 2.24) is 5.32 Å². The molecule has 0 atom stereocenters. The van der Waals surface area contributed by atoms with Gasteiger partial charge in [0.05, 0.1) is 0 Å². The molecule has 1 N–H and O–H groups in total. The monoisotopic (exact) mass is 291 g/mol. The smallest absolute Gasteiger partial charge is 0.220 e. The third kappa shape index (κ3) is 5.00. The second kappa shape index (κ2) is 8.31. The molecule has 0 aliphatic carbocycles. The zero-order valence-electron chi connectivity index (χ0n) is 11.6. The second-order valence-corrected chi connectivity index (χ2v) is 6.87. The van der Waals surface area contributed by atoms with Crippen molar-refractivity contribution in [3.63, 3.8) is 0 Å². The topological polar surface area (TPSA) is 29.1 Å². The van der Waals surface area contributed by atoms with Crippen LogP contribution in [0.3, 0.4) is 0 Å². The Kier molecular flexibility index (Phi) is 7.47. The van der Waals surface area contributed by atoms with E-state index in [1.54, 1.807) is 0 Å². The number of hydrogen-bond donors (Lipinski definition) is 1. The molecule has 0 saturated carbocycles. The van der Waals surface area contributed by atoms with Crippen LogP contribution in [0.5, 0.6) is 0 Å². The van der Waals surface area contributed by atoms with Crippen molar-refractivity contribution >= 4 is 29.3 Å². The maximum atomic E-state index is 11.9. The van der Waals surface area contributed by atoms with Gasteiger partial charge in [-0.1, -0.05) is 13.8 Å². The van der Waals surface area contributed by atoms with E-state index in [1.807, 2.05) is 11.8 Å². The predicted molar refractivity (Wildman–Crippen MR) is 81.4 cm³/mol. The van der Waals surface area contributed by atoms with Crippen molar-refractivity contribution < 1.29 is 4.79 Å². The summed E-state index contributed by atoms with van der Waals surface area (Å²) in [5, 5.41) is 3.09. The zero-order valence-corrected chi connectivity index (χ0v) is 13.2. The molecule has 0 spiro atoms. The van der Waals surface area contributed by atoms with Gasteiger partial charge in [0.1, 0.15) is 0 Å². The van der Waals surface area contributed by atoms with Crippen LogP contribution in [0.25, 0.3) is 0 Å². The third-order valence-electron chi connectivity index (χ3n) is 4.26. The number of halogens is 1. The minimum Gasteiger partial charge on any atom is -0.355 e. The minimum absolute atomic E-state index is 0.0830. The van der Waals surface area contributed by atoms with Crippen LogP contribution in [-0.2, 0) is 4.79 Å². The molecule has 0 aromatic rings. The van der Waals surface area contributed by atoms with Crippen molar-refractivity contribution in [3.05, 3.63) is 0 Å². The number of alkyl halides is 1. The zero-order chi connectivity index (χ0) is 13.4. The molecule has 106 valence electrons. The molecule has 0 bridgehead atoms. The van der Waals surface area contributed by atoms with Gasteiger partial charge in [0, 0.05) is 24.3 Å². The fourth-order valence-electron chi connectivity index (χ4n) is 2.31. The van der Waals surface area contributed by atoms with Crippen LogP contribution in [0, 0.1) is 11.3 Å². The molecule has 0 radical (unpaired) electrons. The lowest BCUT2D eigenvalue weighted by molar-refractivity contribution is -0.122. The maximum Gasteiger partial charge on any atom is 0.220 e. The molecular weight excluding hydrogens is 266 g/mol. The molecular formula is C14H26ClNOS. The van der Waals surface area contributed by atoms with E-state index >= 15 is 0 Å². The van der Waals surface area contributed by atoms with E-state index in [-0.39, 0.29) is 11.3 Å². The molecule has 4 heteroatoms. The van der Waals surface area contributed by atoms with E-state index in [4.69, 9.17) is 11.6 Å². The molecule has 1 amide bonds. The number of thioether (sulfide) groups is 1. The number of carbonyl (C=O) groups is 1. The summed E-state index contributed by atoms with van der Waals surface area (Å²) in [6.07, 6.45) is 5.13. The van der Waals surface area contributed by atoms with Crippen LogP contribution in [0.4, 0.5) is 0 Å². The van der Waals surface area contributed by atoms with Gasteiger partial charge in [0.25, 0.3) is 0 Å². The van der Waals surface area contributed by atoms with Gasteiger partial charge in [0.2, 0.25) is 5.91 Å². The van der Waals surface area contributed by atoms with Gasteiger partial charge in [-0.05, 0) is 43.1 Å². The first-order valence-corrected chi connectivity index (χ1v) is 8.75. The first-order chi connectivity index (χ1) is 8.65. The van der Waals surface area contributed by atoms with Crippen LogP contribution in [-0.4, -0.2) is 29.8 Å². The van der Waals surface area contributed by atoms with Crippen molar-refractivity contribution in [3.8, 4) is 0 Å². The summed E-state index contributed by atoms with van der Waals surface area (Å²) < 4.78 is 0. The highest BCUT2D eigenvalue weighted by Crippen LogP contribution is 2.28. The fourth-order valence-corrected chi connectivity index (χ4v) is 3.98. The summed E-state index contributed by atoms with van der Waals surface area (Å²) in [6, 6.07) is 0. The standard InChI is InChI=1S/C14H26ClNOS/c1-3-14(4-2,10-15)11-16-13(17)9-12-5-7-18-8-6-12/h12H,3-11H2,1-2H3,(H,16,17). The second-order valence-electron chi connectivity index (χ2n) is 5.38. The molecule has 1 aliphatic heterocycles.